The number of anilines is 1. The lowest BCUT2D eigenvalue weighted by Gasteiger charge is -2.35. The summed E-state index contributed by atoms with van der Waals surface area (Å²) in [5, 5.41) is 3.52. The second kappa shape index (κ2) is 10.3. The first-order valence-corrected chi connectivity index (χ1v) is 13.6. The van der Waals surface area contributed by atoms with Crippen LogP contribution in [0.5, 0.6) is 5.75 Å². The zero-order valence-electron chi connectivity index (χ0n) is 20.0. The Morgan fingerprint density at radius 2 is 1.51 bits per heavy atom. The SMILES string of the molecule is Cc1ccc([C@H](NC(=O)[C@H]2CN(S(=O)(=O)c3ccc(Cl)cc3)c3ccccc3O2)c2ccccc2)cc1. The third-order valence-electron chi connectivity index (χ3n) is 6.26. The minimum absolute atomic E-state index is 0.0783. The third-order valence-corrected chi connectivity index (χ3v) is 8.30. The van der Waals surface area contributed by atoms with Gasteiger partial charge in [-0.1, -0.05) is 83.9 Å². The van der Waals surface area contributed by atoms with Gasteiger partial charge in [0.05, 0.1) is 23.2 Å². The van der Waals surface area contributed by atoms with Crippen molar-refractivity contribution in [3.05, 3.63) is 125 Å². The molecule has 0 saturated heterocycles. The molecule has 4 aromatic rings. The van der Waals surface area contributed by atoms with Gasteiger partial charge in [0.1, 0.15) is 5.75 Å². The predicted octanol–water partition coefficient (Wildman–Crippen LogP) is 5.51. The lowest BCUT2D eigenvalue weighted by Crippen LogP contribution is -2.51. The molecule has 2 atom stereocenters. The molecule has 188 valence electrons. The lowest BCUT2D eigenvalue weighted by molar-refractivity contribution is -0.128. The van der Waals surface area contributed by atoms with Gasteiger partial charge in [0.15, 0.2) is 6.10 Å². The van der Waals surface area contributed by atoms with Crippen molar-refractivity contribution in [3.8, 4) is 5.75 Å². The fourth-order valence-electron chi connectivity index (χ4n) is 4.30. The van der Waals surface area contributed by atoms with Crippen LogP contribution < -0.4 is 14.4 Å². The van der Waals surface area contributed by atoms with Gasteiger partial charge in [0, 0.05) is 5.02 Å². The molecule has 4 aromatic carbocycles. The molecule has 0 radical (unpaired) electrons. The van der Waals surface area contributed by atoms with Crippen molar-refractivity contribution in [1.29, 1.82) is 0 Å². The molecule has 0 spiro atoms. The quantitative estimate of drug-likeness (QED) is 0.355. The van der Waals surface area contributed by atoms with Crippen LogP contribution in [0.25, 0.3) is 0 Å². The van der Waals surface area contributed by atoms with E-state index in [1.807, 2.05) is 61.5 Å². The molecule has 1 aliphatic rings. The summed E-state index contributed by atoms with van der Waals surface area (Å²) in [6.45, 7) is 1.83. The number of rotatable bonds is 6. The molecule has 6 nitrogen and oxygen atoms in total. The van der Waals surface area contributed by atoms with Crippen LogP contribution in [0.1, 0.15) is 22.7 Å². The number of ether oxygens (including phenoxy) is 1. The van der Waals surface area contributed by atoms with Crippen LogP contribution in [0.4, 0.5) is 5.69 Å². The molecule has 0 aliphatic carbocycles. The van der Waals surface area contributed by atoms with Gasteiger partial charge in [0.2, 0.25) is 0 Å². The van der Waals surface area contributed by atoms with E-state index in [1.165, 1.54) is 28.6 Å². The van der Waals surface area contributed by atoms with Crippen molar-refractivity contribution < 1.29 is 17.9 Å². The minimum atomic E-state index is -3.98. The zero-order valence-corrected chi connectivity index (χ0v) is 21.6. The maximum Gasteiger partial charge on any atom is 0.264 e. The molecule has 0 fully saturated rings. The van der Waals surface area contributed by atoms with E-state index in [0.717, 1.165) is 16.7 Å². The van der Waals surface area contributed by atoms with Gasteiger partial charge < -0.3 is 10.1 Å². The Morgan fingerprint density at radius 1 is 0.892 bits per heavy atom. The molecule has 0 bridgehead atoms. The molecule has 8 heteroatoms. The summed E-state index contributed by atoms with van der Waals surface area (Å²) in [5.41, 5.74) is 3.30. The minimum Gasteiger partial charge on any atom is -0.476 e. The maximum atomic E-state index is 13.6. The summed E-state index contributed by atoms with van der Waals surface area (Å²) in [7, 11) is -3.98. The van der Waals surface area contributed by atoms with Gasteiger partial charge >= 0.3 is 0 Å². The van der Waals surface area contributed by atoms with Crippen molar-refractivity contribution >= 4 is 33.2 Å². The number of para-hydroxylation sites is 2. The average molecular weight is 533 g/mol. The number of nitrogens with zero attached hydrogens (tertiary/aromatic N) is 1. The molecule has 0 saturated carbocycles. The Bertz CT molecular complexity index is 1510. The van der Waals surface area contributed by atoms with E-state index in [1.54, 1.807) is 24.3 Å². The van der Waals surface area contributed by atoms with Gasteiger partial charge in [-0.3, -0.25) is 9.10 Å². The molecule has 1 N–H and O–H groups in total. The molecule has 0 unspecified atom stereocenters. The Labute approximate surface area is 221 Å². The van der Waals surface area contributed by atoms with Crippen LogP contribution in [0, 0.1) is 6.92 Å². The first-order chi connectivity index (χ1) is 17.8. The molecule has 1 aliphatic heterocycles. The number of nitrogens with one attached hydrogen (secondary N) is 1. The van der Waals surface area contributed by atoms with E-state index in [9.17, 15) is 13.2 Å². The number of carbonyl (C=O) groups is 1. The molecule has 1 amide bonds. The number of fused-ring (bicyclic) bond motifs is 1. The van der Waals surface area contributed by atoms with E-state index in [0.29, 0.717) is 16.5 Å². The van der Waals surface area contributed by atoms with E-state index in [2.05, 4.69) is 5.32 Å². The number of halogens is 1. The molecule has 37 heavy (non-hydrogen) atoms. The van der Waals surface area contributed by atoms with Gasteiger partial charge in [-0.15, -0.1) is 0 Å². The van der Waals surface area contributed by atoms with Gasteiger partial charge in [-0.2, -0.15) is 0 Å². The highest BCUT2D eigenvalue weighted by atomic mass is 35.5. The molecular formula is C29H25ClN2O4S. The number of benzene rings is 4. The van der Waals surface area contributed by atoms with Crippen molar-refractivity contribution in [2.45, 2.75) is 24.0 Å². The summed E-state index contributed by atoms with van der Waals surface area (Å²) in [5.74, 6) is -0.0988. The highest BCUT2D eigenvalue weighted by Crippen LogP contribution is 2.37. The first-order valence-electron chi connectivity index (χ1n) is 11.8. The largest absolute Gasteiger partial charge is 0.476 e. The second-order valence-electron chi connectivity index (χ2n) is 8.83. The molecule has 1 heterocycles. The van der Waals surface area contributed by atoms with E-state index >= 15 is 0 Å². The van der Waals surface area contributed by atoms with Crippen LogP contribution in [-0.2, 0) is 14.8 Å². The van der Waals surface area contributed by atoms with Gasteiger partial charge in [0.25, 0.3) is 15.9 Å². The Kier molecular flexibility index (Phi) is 6.91. The molecule has 0 aromatic heterocycles. The fourth-order valence-corrected chi connectivity index (χ4v) is 5.90. The molecular weight excluding hydrogens is 508 g/mol. The highest BCUT2D eigenvalue weighted by Gasteiger charge is 2.38. The summed E-state index contributed by atoms with van der Waals surface area (Å²) in [6.07, 6.45) is -1.06. The second-order valence-corrected chi connectivity index (χ2v) is 11.1. The van der Waals surface area contributed by atoms with Crippen LogP contribution >= 0.6 is 11.6 Å². The third kappa shape index (κ3) is 5.19. The monoisotopic (exact) mass is 532 g/mol. The summed E-state index contributed by atoms with van der Waals surface area (Å²) >= 11 is 5.97. The summed E-state index contributed by atoms with van der Waals surface area (Å²) in [4.78, 5) is 13.7. The van der Waals surface area contributed by atoms with Crippen molar-refractivity contribution in [2.24, 2.45) is 0 Å². The van der Waals surface area contributed by atoms with Crippen LogP contribution in [0.3, 0.4) is 0 Å². The number of amides is 1. The van der Waals surface area contributed by atoms with Gasteiger partial charge in [-0.25, -0.2) is 8.42 Å². The number of hydrogen-bond acceptors (Lipinski definition) is 4. The van der Waals surface area contributed by atoms with Crippen LogP contribution in [0.2, 0.25) is 5.02 Å². The standard InChI is InChI=1S/C29H25ClN2O4S/c1-20-11-13-22(14-12-20)28(21-7-3-2-4-8-21)31-29(33)27-19-32(25-9-5-6-10-26(25)36-27)37(34,35)24-17-15-23(30)16-18-24/h2-18,27-28H,19H2,1H3,(H,31,33)/t27-,28-/m1/s1. The number of sulfonamides is 1. The van der Waals surface area contributed by atoms with Crippen molar-refractivity contribution in [3.63, 3.8) is 0 Å². The van der Waals surface area contributed by atoms with E-state index in [-0.39, 0.29) is 11.4 Å². The topological polar surface area (TPSA) is 75.7 Å². The van der Waals surface area contributed by atoms with Gasteiger partial charge in [-0.05, 0) is 54.4 Å². The normalized spacial score (nSPS) is 15.8. The Balaban J connectivity index is 1.47. The van der Waals surface area contributed by atoms with Crippen LogP contribution in [-0.4, -0.2) is 27.0 Å². The fraction of sp³-hybridized carbons (Fsp3) is 0.138. The zero-order chi connectivity index (χ0) is 26.0. The van der Waals surface area contributed by atoms with Crippen LogP contribution in [0.15, 0.2) is 108 Å². The predicted molar refractivity (Wildman–Crippen MR) is 144 cm³/mol. The average Bonchev–Trinajstić information content (AvgIpc) is 2.92. The lowest BCUT2D eigenvalue weighted by atomic mass is 9.97. The van der Waals surface area contributed by atoms with Crippen molar-refractivity contribution in [2.75, 3.05) is 10.8 Å². The highest BCUT2D eigenvalue weighted by molar-refractivity contribution is 7.92. The number of carbonyl (C=O) groups excluding carboxylic acids is 1. The summed E-state index contributed by atoms with van der Waals surface area (Å²) < 4.78 is 34.5. The smallest absolute Gasteiger partial charge is 0.264 e. The number of aryl methyl sites for hydroxylation is 1. The van der Waals surface area contributed by atoms with E-state index < -0.39 is 28.1 Å². The first kappa shape index (κ1) is 24.9. The summed E-state index contributed by atoms with van der Waals surface area (Å²) in [6, 6.07) is 29.9. The Hall–Kier alpha value is -3.81. The van der Waals surface area contributed by atoms with Crippen molar-refractivity contribution in [1.82, 2.24) is 5.32 Å². The molecule has 5 rings (SSSR count). The van der Waals surface area contributed by atoms with E-state index in [4.69, 9.17) is 16.3 Å². The maximum absolute atomic E-state index is 13.6. The Morgan fingerprint density at radius 3 is 2.22 bits per heavy atom. The number of hydrogen-bond donors (Lipinski definition) is 1.